The van der Waals surface area contributed by atoms with Gasteiger partial charge in [0, 0.05) is 31.0 Å². The molecule has 1 atom stereocenters. The second-order valence-electron chi connectivity index (χ2n) is 8.02. The number of rotatable bonds is 6. The van der Waals surface area contributed by atoms with Gasteiger partial charge in [-0.1, -0.05) is 23.8 Å². The molecule has 4 nitrogen and oxygen atoms in total. The third-order valence-corrected chi connectivity index (χ3v) is 5.40. The molecule has 1 aromatic carbocycles. The Bertz CT molecular complexity index is 707. The van der Waals surface area contributed by atoms with Crippen LogP contribution in [0.2, 0.25) is 0 Å². The summed E-state index contributed by atoms with van der Waals surface area (Å²) < 4.78 is 5.71. The predicted molar refractivity (Wildman–Crippen MR) is 107 cm³/mol. The summed E-state index contributed by atoms with van der Waals surface area (Å²) in [5, 5.41) is 0. The molecule has 146 valence electrons. The van der Waals surface area contributed by atoms with Crippen LogP contribution in [0.4, 0.5) is 0 Å². The molecule has 0 N–H and O–H groups in total. The zero-order valence-corrected chi connectivity index (χ0v) is 16.6. The monoisotopic (exact) mass is 369 g/mol. The van der Waals surface area contributed by atoms with Gasteiger partial charge in [-0.2, -0.15) is 0 Å². The molecule has 3 rings (SSSR count). The average Bonchev–Trinajstić information content (AvgIpc) is 2.68. The van der Waals surface area contributed by atoms with E-state index in [1.54, 1.807) is 0 Å². The molecule has 27 heavy (non-hydrogen) atoms. The van der Waals surface area contributed by atoms with Crippen molar-refractivity contribution in [2.45, 2.75) is 64.9 Å². The Kier molecular flexibility index (Phi) is 6.70. The van der Waals surface area contributed by atoms with Gasteiger partial charge in [0.15, 0.2) is 5.78 Å². The maximum atomic E-state index is 13.0. The van der Waals surface area contributed by atoms with Gasteiger partial charge in [0.1, 0.15) is 5.75 Å². The van der Waals surface area contributed by atoms with E-state index in [2.05, 4.69) is 6.08 Å². The number of hydrogen-bond acceptors (Lipinski definition) is 3. The number of carbonyl (C=O) groups excluding carboxylic acids is 2. The summed E-state index contributed by atoms with van der Waals surface area (Å²) >= 11 is 0. The average molecular weight is 370 g/mol. The minimum absolute atomic E-state index is 0.0761. The van der Waals surface area contributed by atoms with Crippen molar-refractivity contribution in [3.05, 3.63) is 41.5 Å². The number of amides is 1. The third-order valence-electron chi connectivity index (χ3n) is 5.40. The number of hydrogen-bond donors (Lipinski definition) is 0. The van der Waals surface area contributed by atoms with Crippen LogP contribution in [0.15, 0.2) is 35.9 Å². The normalized spacial score (nSPS) is 20.3. The van der Waals surface area contributed by atoms with Gasteiger partial charge in [0.2, 0.25) is 5.91 Å². The maximum Gasteiger partial charge on any atom is 0.226 e. The van der Waals surface area contributed by atoms with Crippen LogP contribution >= 0.6 is 0 Å². The van der Waals surface area contributed by atoms with E-state index in [1.807, 2.05) is 43.0 Å². The number of likely N-dealkylation sites (tertiary alicyclic amines) is 1. The topological polar surface area (TPSA) is 46.6 Å². The fourth-order valence-electron chi connectivity index (χ4n) is 4.02. The molecule has 0 radical (unpaired) electrons. The van der Waals surface area contributed by atoms with Crippen LogP contribution in [0, 0.1) is 5.92 Å². The Labute approximate surface area is 162 Å². The van der Waals surface area contributed by atoms with E-state index < -0.39 is 0 Å². The lowest BCUT2D eigenvalue weighted by Crippen LogP contribution is -2.42. The van der Waals surface area contributed by atoms with Crippen LogP contribution in [0.5, 0.6) is 5.75 Å². The molecular formula is C23H31NO3. The van der Waals surface area contributed by atoms with Crippen molar-refractivity contribution in [2.24, 2.45) is 5.92 Å². The molecule has 0 bridgehead atoms. The molecule has 0 aromatic heterocycles. The zero-order valence-electron chi connectivity index (χ0n) is 16.6. The first kappa shape index (κ1) is 19.7. The molecule has 1 saturated heterocycles. The number of Topliss-reactive ketones (excluding diaryl/α,β-unsaturated/α-hetero) is 1. The fourth-order valence-corrected chi connectivity index (χ4v) is 4.02. The minimum atomic E-state index is -0.114. The van der Waals surface area contributed by atoms with Crippen LogP contribution in [0.25, 0.3) is 0 Å². The number of benzene rings is 1. The van der Waals surface area contributed by atoms with Gasteiger partial charge in [-0.15, -0.1) is 0 Å². The maximum absolute atomic E-state index is 13.0. The Morgan fingerprint density at radius 3 is 2.81 bits per heavy atom. The Hall–Kier alpha value is -2.10. The molecule has 0 unspecified atom stereocenters. The van der Waals surface area contributed by atoms with Crippen molar-refractivity contribution >= 4 is 11.7 Å². The zero-order chi connectivity index (χ0) is 19.2. The van der Waals surface area contributed by atoms with E-state index in [9.17, 15) is 9.59 Å². The predicted octanol–water partition coefficient (Wildman–Crippen LogP) is 4.79. The van der Waals surface area contributed by atoms with E-state index in [4.69, 9.17) is 4.74 Å². The minimum Gasteiger partial charge on any atom is -0.491 e. The largest absolute Gasteiger partial charge is 0.491 e. The van der Waals surface area contributed by atoms with E-state index >= 15 is 0 Å². The summed E-state index contributed by atoms with van der Waals surface area (Å²) in [6, 6.07) is 7.43. The standard InChI is InChI=1S/C23H31NO3/c1-17(2)27-21-12-6-10-19(15-21)23(26)20-11-7-13-24(16-20)22(25)14-18-8-4-3-5-9-18/h6,8,10,12,15,17,20H,3-5,7,9,11,13-14,16H2,1-2H3/t20-/m0/s1. The summed E-state index contributed by atoms with van der Waals surface area (Å²) in [6.07, 6.45) is 9.14. The van der Waals surface area contributed by atoms with Crippen molar-refractivity contribution in [3.63, 3.8) is 0 Å². The van der Waals surface area contributed by atoms with Crippen molar-refractivity contribution in [1.29, 1.82) is 0 Å². The Morgan fingerprint density at radius 1 is 1.22 bits per heavy atom. The number of allylic oxidation sites excluding steroid dienone is 1. The Morgan fingerprint density at radius 2 is 2.07 bits per heavy atom. The molecule has 2 aliphatic rings. The number of nitrogens with zero attached hydrogens (tertiary/aromatic N) is 1. The van der Waals surface area contributed by atoms with Crippen molar-refractivity contribution in [3.8, 4) is 5.75 Å². The molecule has 1 aliphatic heterocycles. The molecular weight excluding hydrogens is 338 g/mol. The second-order valence-corrected chi connectivity index (χ2v) is 8.02. The first-order valence-corrected chi connectivity index (χ1v) is 10.3. The van der Waals surface area contributed by atoms with Crippen LogP contribution in [-0.4, -0.2) is 35.8 Å². The number of ether oxygens (including phenoxy) is 1. The molecule has 0 spiro atoms. The van der Waals surface area contributed by atoms with Gasteiger partial charge in [-0.25, -0.2) is 0 Å². The highest BCUT2D eigenvalue weighted by Crippen LogP contribution is 2.26. The van der Waals surface area contributed by atoms with Gasteiger partial charge in [-0.05, 0) is 64.5 Å². The summed E-state index contributed by atoms with van der Waals surface area (Å²) in [5.74, 6) is 0.914. The summed E-state index contributed by atoms with van der Waals surface area (Å²) in [5.41, 5.74) is 1.96. The highest BCUT2D eigenvalue weighted by atomic mass is 16.5. The van der Waals surface area contributed by atoms with Crippen molar-refractivity contribution in [2.75, 3.05) is 13.1 Å². The first-order valence-electron chi connectivity index (χ1n) is 10.3. The van der Waals surface area contributed by atoms with Crippen LogP contribution in [-0.2, 0) is 4.79 Å². The number of piperidine rings is 1. The fraction of sp³-hybridized carbons (Fsp3) is 0.565. The molecule has 1 fully saturated rings. The van der Waals surface area contributed by atoms with E-state index in [1.165, 1.54) is 18.4 Å². The molecule has 4 heteroatoms. The van der Waals surface area contributed by atoms with Gasteiger partial charge >= 0.3 is 0 Å². The quantitative estimate of drug-likeness (QED) is 0.535. The van der Waals surface area contributed by atoms with Crippen molar-refractivity contribution in [1.82, 2.24) is 4.90 Å². The molecule has 1 aromatic rings. The first-order chi connectivity index (χ1) is 13.0. The SMILES string of the molecule is CC(C)Oc1cccc(C(=O)[C@H]2CCCN(C(=O)CC3=CCCCC3)C2)c1. The van der Waals surface area contributed by atoms with Crippen molar-refractivity contribution < 1.29 is 14.3 Å². The third kappa shape index (κ3) is 5.44. The van der Waals surface area contributed by atoms with E-state index in [0.29, 0.717) is 18.5 Å². The second kappa shape index (κ2) is 9.20. The van der Waals surface area contributed by atoms with E-state index in [0.717, 1.165) is 38.0 Å². The lowest BCUT2D eigenvalue weighted by molar-refractivity contribution is -0.131. The smallest absolute Gasteiger partial charge is 0.226 e. The van der Waals surface area contributed by atoms with Gasteiger partial charge < -0.3 is 9.64 Å². The van der Waals surface area contributed by atoms with Crippen LogP contribution in [0.1, 0.15) is 69.2 Å². The Balaban J connectivity index is 1.62. The lowest BCUT2D eigenvalue weighted by atomic mass is 9.89. The molecule has 1 aliphatic carbocycles. The molecule has 1 amide bonds. The summed E-state index contributed by atoms with van der Waals surface area (Å²) in [4.78, 5) is 27.6. The van der Waals surface area contributed by atoms with Gasteiger partial charge in [-0.3, -0.25) is 9.59 Å². The van der Waals surface area contributed by atoms with Gasteiger partial charge in [0.25, 0.3) is 0 Å². The highest BCUT2D eigenvalue weighted by Gasteiger charge is 2.29. The van der Waals surface area contributed by atoms with E-state index in [-0.39, 0.29) is 23.7 Å². The number of carbonyl (C=O) groups is 2. The molecule has 0 saturated carbocycles. The summed E-state index contributed by atoms with van der Waals surface area (Å²) in [6.45, 7) is 5.26. The highest BCUT2D eigenvalue weighted by molar-refractivity contribution is 5.98. The van der Waals surface area contributed by atoms with Crippen LogP contribution < -0.4 is 4.74 Å². The molecule has 1 heterocycles. The number of ketones is 1. The van der Waals surface area contributed by atoms with Crippen LogP contribution in [0.3, 0.4) is 0 Å². The van der Waals surface area contributed by atoms with Gasteiger partial charge in [0.05, 0.1) is 6.10 Å². The summed E-state index contributed by atoms with van der Waals surface area (Å²) in [7, 11) is 0. The lowest BCUT2D eigenvalue weighted by Gasteiger charge is -2.32.